The molecule has 0 unspecified atom stereocenters. The van der Waals surface area contributed by atoms with Gasteiger partial charge < -0.3 is 30.2 Å². The number of ether oxygens (including phenoxy) is 2. The van der Waals surface area contributed by atoms with Crippen LogP contribution in [-0.4, -0.2) is 62.4 Å². The normalized spacial score (nSPS) is 14.3. The third kappa shape index (κ3) is 10.0. The molecule has 0 aromatic heterocycles. The smallest absolute Gasteiger partial charge is 0.321 e. The zero-order chi connectivity index (χ0) is 13.9. The molecule has 112 valence electrons. The number of nitrogens with one attached hydrogen (secondary N) is 1. The largest absolute Gasteiger partial charge is 0.412 e. The molecule has 1 saturated heterocycles. The van der Waals surface area contributed by atoms with Gasteiger partial charge in [-0.1, -0.05) is 0 Å². The van der Waals surface area contributed by atoms with E-state index in [1.807, 2.05) is 12.1 Å². The molecule has 0 radical (unpaired) electrons. The molecule has 0 aliphatic carbocycles. The van der Waals surface area contributed by atoms with Crippen LogP contribution in [0.15, 0.2) is 0 Å². The molecule has 9 heteroatoms. The van der Waals surface area contributed by atoms with E-state index < -0.39 is 18.1 Å². The van der Waals surface area contributed by atoms with Crippen LogP contribution in [-0.2, 0) is 19.1 Å². The van der Waals surface area contributed by atoms with Crippen molar-refractivity contribution in [1.29, 1.82) is 0 Å². The summed E-state index contributed by atoms with van der Waals surface area (Å²) in [6.07, 6.45) is -0.591. The number of hydrogen-bond acceptors (Lipinski definition) is 5. The molecule has 18 heavy (non-hydrogen) atoms. The molecule has 4 N–H and O–H groups in total. The van der Waals surface area contributed by atoms with Gasteiger partial charge in [0.2, 0.25) is 0 Å². The summed E-state index contributed by atoms with van der Waals surface area (Å²) in [6, 6.07) is 0. The first-order valence-electron chi connectivity index (χ1n) is 4.63. The van der Waals surface area contributed by atoms with Crippen molar-refractivity contribution in [2.45, 2.75) is 19.1 Å². The number of halogens is 2. The Labute approximate surface area is 105 Å². The second-order valence-corrected chi connectivity index (χ2v) is 2.77. The van der Waals surface area contributed by atoms with Crippen LogP contribution in [0.4, 0.5) is 8.78 Å². The van der Waals surface area contributed by atoms with Crippen LogP contribution in [0.2, 0.25) is 0 Å². The van der Waals surface area contributed by atoms with Crippen molar-refractivity contribution in [3.05, 3.63) is 0 Å². The van der Waals surface area contributed by atoms with Crippen molar-refractivity contribution >= 4 is 12.7 Å². The summed E-state index contributed by atoms with van der Waals surface area (Å²) < 4.78 is 34.5. The number of alkyl halides is 2. The van der Waals surface area contributed by atoms with Crippen LogP contribution >= 0.6 is 0 Å². The zero-order valence-corrected chi connectivity index (χ0v) is 10.2. The quantitative estimate of drug-likeness (QED) is 0.684. The third-order valence-electron chi connectivity index (χ3n) is 1.52. The van der Waals surface area contributed by atoms with E-state index in [2.05, 4.69) is 0 Å². The van der Waals surface area contributed by atoms with Gasteiger partial charge in [0.15, 0.2) is 6.29 Å². The van der Waals surface area contributed by atoms with Crippen LogP contribution < -0.4 is 5.32 Å². The van der Waals surface area contributed by atoms with Gasteiger partial charge in [0.05, 0.1) is 19.8 Å². The summed E-state index contributed by atoms with van der Waals surface area (Å²) in [4.78, 5) is 18.6. The second-order valence-electron chi connectivity index (χ2n) is 2.77. The summed E-state index contributed by atoms with van der Waals surface area (Å²) in [5.41, 5.74) is 0. The predicted octanol–water partition coefficient (Wildman–Crippen LogP) is -1.02. The molecular weight excluding hydrogens is 256 g/mol. The highest BCUT2D eigenvalue weighted by atomic mass is 19.3. The topological polar surface area (TPSA) is 116 Å². The van der Waals surface area contributed by atoms with E-state index in [0.29, 0.717) is 20.1 Å². The first-order valence-corrected chi connectivity index (χ1v) is 4.63. The Morgan fingerprint density at radius 1 is 1.44 bits per heavy atom. The monoisotopic (exact) mass is 277 g/mol. The van der Waals surface area contributed by atoms with Crippen molar-refractivity contribution < 1.29 is 39.9 Å². The van der Waals surface area contributed by atoms with E-state index in [4.69, 9.17) is 19.4 Å². The minimum atomic E-state index is -3.35. The molecule has 0 atom stereocenters. The molecule has 0 spiro atoms. The first-order chi connectivity index (χ1) is 8.00. The summed E-state index contributed by atoms with van der Waals surface area (Å²) in [5, 5.41) is 9.03. The van der Waals surface area contributed by atoms with Gasteiger partial charge in [-0.25, -0.2) is 0 Å². The maximum atomic E-state index is 12.3. The standard InChI is InChI=1S/C7H11F2NO3.CH4O.CH2O.H2O.H2/c1-7(8,9)6(11)10-4-5-12-2-3-13-5;2*1-2;;/h5H,2-4H2,1H3,(H,10,11);2H,1H3;1H2;1H2;1H. The highest BCUT2D eigenvalue weighted by Gasteiger charge is 2.32. The fraction of sp³-hybridized carbons (Fsp3) is 0.778. The molecule has 0 aromatic rings. The summed E-state index contributed by atoms with van der Waals surface area (Å²) in [6.45, 7) is 3.37. The highest BCUT2D eigenvalue weighted by molar-refractivity contribution is 5.82. The minimum absolute atomic E-state index is 0. The predicted molar refractivity (Wildman–Crippen MR) is 60.3 cm³/mol. The first kappa shape index (κ1) is 22.1. The van der Waals surface area contributed by atoms with Crippen LogP contribution in [0, 0.1) is 0 Å². The lowest BCUT2D eigenvalue weighted by Gasteiger charge is -2.13. The Kier molecular flexibility index (Phi) is 15.1. The Bertz CT molecular complexity index is 211. The number of hydrogen-bond donors (Lipinski definition) is 2. The Balaban J connectivity index is -0.000000171. The van der Waals surface area contributed by atoms with Crippen molar-refractivity contribution in [2.24, 2.45) is 0 Å². The molecule has 0 bridgehead atoms. The molecule has 1 fully saturated rings. The minimum Gasteiger partial charge on any atom is -0.412 e. The number of carbonyl (C=O) groups is 2. The molecular formula is C9H21F2NO6. The zero-order valence-electron chi connectivity index (χ0n) is 10.2. The van der Waals surface area contributed by atoms with E-state index in [9.17, 15) is 13.6 Å². The summed E-state index contributed by atoms with van der Waals surface area (Å²) in [5.74, 6) is -4.66. The lowest BCUT2D eigenvalue weighted by molar-refractivity contribution is -0.145. The Morgan fingerprint density at radius 3 is 2.17 bits per heavy atom. The number of rotatable bonds is 3. The van der Waals surface area contributed by atoms with Gasteiger partial charge in [0.25, 0.3) is 5.91 Å². The van der Waals surface area contributed by atoms with Gasteiger partial charge in [-0.15, -0.1) is 0 Å². The van der Waals surface area contributed by atoms with Gasteiger partial charge in [-0.3, -0.25) is 4.79 Å². The van der Waals surface area contributed by atoms with Crippen LogP contribution in [0.1, 0.15) is 8.35 Å². The maximum absolute atomic E-state index is 12.3. The molecule has 1 amide bonds. The van der Waals surface area contributed by atoms with E-state index in [1.165, 1.54) is 0 Å². The highest BCUT2D eigenvalue weighted by Crippen LogP contribution is 2.11. The van der Waals surface area contributed by atoms with Crippen molar-refractivity contribution in [2.75, 3.05) is 26.9 Å². The Hall–Kier alpha value is -1.16. The average molecular weight is 277 g/mol. The SMILES string of the molecule is C=O.CC(F)(F)C(=O)NCC1OCCO1.CO.O.[HH]. The average Bonchev–Trinajstić information content (AvgIpc) is 2.83. The number of amides is 1. The van der Waals surface area contributed by atoms with E-state index in [0.717, 1.165) is 7.11 Å². The fourth-order valence-electron chi connectivity index (χ4n) is 0.856. The number of carbonyl (C=O) groups excluding carboxylic acids is 2. The lowest BCUT2D eigenvalue weighted by atomic mass is 10.3. The molecule has 7 nitrogen and oxygen atoms in total. The van der Waals surface area contributed by atoms with Gasteiger partial charge >= 0.3 is 5.92 Å². The number of aliphatic hydroxyl groups excluding tert-OH is 1. The van der Waals surface area contributed by atoms with Crippen molar-refractivity contribution in [3.63, 3.8) is 0 Å². The van der Waals surface area contributed by atoms with E-state index in [1.54, 1.807) is 0 Å². The molecule has 1 rings (SSSR count). The van der Waals surface area contributed by atoms with Crippen molar-refractivity contribution in [1.82, 2.24) is 5.32 Å². The van der Waals surface area contributed by atoms with Gasteiger partial charge in [0, 0.05) is 15.5 Å². The lowest BCUT2D eigenvalue weighted by Crippen LogP contribution is -2.41. The molecule has 1 aliphatic heterocycles. The Morgan fingerprint density at radius 2 is 1.83 bits per heavy atom. The molecule has 0 saturated carbocycles. The van der Waals surface area contributed by atoms with Crippen LogP contribution in [0.3, 0.4) is 0 Å². The van der Waals surface area contributed by atoms with E-state index in [-0.39, 0.29) is 13.4 Å². The van der Waals surface area contributed by atoms with Gasteiger partial charge in [-0.05, 0) is 0 Å². The second kappa shape index (κ2) is 12.3. The van der Waals surface area contributed by atoms with Crippen LogP contribution in [0.25, 0.3) is 0 Å². The van der Waals surface area contributed by atoms with Crippen molar-refractivity contribution in [3.8, 4) is 0 Å². The summed E-state index contributed by atoms with van der Waals surface area (Å²) in [7, 11) is 1.00. The number of aliphatic hydroxyl groups is 1. The van der Waals surface area contributed by atoms with Crippen LogP contribution in [0.5, 0.6) is 0 Å². The van der Waals surface area contributed by atoms with Gasteiger partial charge in [-0.2, -0.15) is 8.78 Å². The molecule has 1 aliphatic rings. The molecule has 1 heterocycles. The molecule has 0 aromatic carbocycles. The van der Waals surface area contributed by atoms with E-state index >= 15 is 0 Å². The maximum Gasteiger partial charge on any atom is 0.321 e. The summed E-state index contributed by atoms with van der Waals surface area (Å²) >= 11 is 0. The van der Waals surface area contributed by atoms with Gasteiger partial charge in [0.1, 0.15) is 6.79 Å². The third-order valence-corrected chi connectivity index (χ3v) is 1.52. The fourth-order valence-corrected chi connectivity index (χ4v) is 0.856.